The first-order valence-electron chi connectivity index (χ1n) is 4.94. The van der Waals surface area contributed by atoms with E-state index in [0.29, 0.717) is 11.7 Å². The van der Waals surface area contributed by atoms with Crippen molar-refractivity contribution in [2.45, 2.75) is 0 Å². The van der Waals surface area contributed by atoms with Gasteiger partial charge < -0.3 is 10.2 Å². The number of nitrogens with zero attached hydrogens (tertiary/aromatic N) is 1. The van der Waals surface area contributed by atoms with E-state index in [9.17, 15) is 0 Å². The normalized spacial score (nSPS) is 18.9. The molecule has 0 amide bonds. The highest BCUT2D eigenvalue weighted by Gasteiger charge is 2.16. The van der Waals surface area contributed by atoms with Gasteiger partial charge in [-0.3, -0.25) is 5.43 Å². The Labute approximate surface area is 90.9 Å². The van der Waals surface area contributed by atoms with E-state index in [2.05, 4.69) is 29.4 Å². The second-order valence-electron chi connectivity index (χ2n) is 3.55. The Morgan fingerprint density at radius 1 is 1.57 bits per heavy atom. The molecule has 1 fully saturated rings. The van der Waals surface area contributed by atoms with Crippen LogP contribution in [0.4, 0.5) is 0 Å². The molecule has 0 bridgehead atoms. The SMILES string of the molecule is C=CCNC(=S)NN1CC[NH+](C)CC1. The van der Waals surface area contributed by atoms with Gasteiger partial charge in [0.25, 0.3) is 0 Å². The van der Waals surface area contributed by atoms with E-state index in [4.69, 9.17) is 12.2 Å². The maximum Gasteiger partial charge on any atom is 0.181 e. The summed E-state index contributed by atoms with van der Waals surface area (Å²) in [6.45, 7) is 8.75. The van der Waals surface area contributed by atoms with E-state index in [1.807, 2.05) is 0 Å². The maximum atomic E-state index is 5.11. The monoisotopic (exact) mass is 215 g/mol. The first kappa shape index (κ1) is 11.4. The lowest BCUT2D eigenvalue weighted by molar-refractivity contribution is -0.884. The van der Waals surface area contributed by atoms with Crippen molar-refractivity contribution in [2.75, 3.05) is 39.8 Å². The highest BCUT2D eigenvalue weighted by Crippen LogP contribution is 1.83. The summed E-state index contributed by atoms with van der Waals surface area (Å²) in [4.78, 5) is 1.58. The molecule has 0 unspecified atom stereocenters. The Kier molecular flexibility index (Phi) is 4.86. The lowest BCUT2D eigenvalue weighted by atomic mass is 10.4. The molecule has 1 aliphatic rings. The fourth-order valence-corrected chi connectivity index (χ4v) is 1.56. The fraction of sp³-hybridized carbons (Fsp3) is 0.667. The van der Waals surface area contributed by atoms with Gasteiger partial charge in [-0.1, -0.05) is 6.08 Å². The first-order valence-corrected chi connectivity index (χ1v) is 5.35. The van der Waals surface area contributed by atoms with Gasteiger partial charge in [0.2, 0.25) is 0 Å². The summed E-state index contributed by atoms with van der Waals surface area (Å²) in [7, 11) is 2.21. The van der Waals surface area contributed by atoms with Crippen molar-refractivity contribution in [2.24, 2.45) is 0 Å². The van der Waals surface area contributed by atoms with Crippen molar-refractivity contribution in [3.8, 4) is 0 Å². The lowest BCUT2D eigenvalue weighted by Crippen LogP contribution is -3.12. The number of hydrogen-bond acceptors (Lipinski definition) is 2. The van der Waals surface area contributed by atoms with Gasteiger partial charge in [-0.05, 0) is 12.2 Å². The molecule has 0 saturated carbocycles. The van der Waals surface area contributed by atoms with Gasteiger partial charge in [0.15, 0.2) is 5.11 Å². The van der Waals surface area contributed by atoms with Crippen LogP contribution < -0.4 is 15.6 Å². The number of thiocarbonyl (C=S) groups is 1. The minimum atomic E-state index is 0.685. The highest BCUT2D eigenvalue weighted by atomic mass is 32.1. The topological polar surface area (TPSA) is 31.7 Å². The van der Waals surface area contributed by atoms with E-state index in [1.54, 1.807) is 11.0 Å². The van der Waals surface area contributed by atoms with Gasteiger partial charge in [-0.15, -0.1) is 6.58 Å². The molecular weight excluding hydrogens is 196 g/mol. The van der Waals surface area contributed by atoms with Crippen LogP contribution >= 0.6 is 12.2 Å². The van der Waals surface area contributed by atoms with Crippen LogP contribution in [0, 0.1) is 0 Å². The summed E-state index contributed by atoms with van der Waals surface area (Å²) >= 11 is 5.11. The lowest BCUT2D eigenvalue weighted by Gasteiger charge is -2.30. The molecule has 0 aromatic rings. The minimum Gasteiger partial charge on any atom is -0.358 e. The third-order valence-corrected chi connectivity index (χ3v) is 2.52. The molecule has 1 heterocycles. The number of likely N-dealkylation sites (N-methyl/N-ethyl adjacent to an activating group) is 1. The molecule has 0 aromatic carbocycles. The Hall–Kier alpha value is -0.650. The molecule has 14 heavy (non-hydrogen) atoms. The Morgan fingerprint density at radius 2 is 2.21 bits per heavy atom. The van der Waals surface area contributed by atoms with Crippen LogP contribution in [-0.2, 0) is 0 Å². The quantitative estimate of drug-likeness (QED) is 0.390. The van der Waals surface area contributed by atoms with Gasteiger partial charge in [0, 0.05) is 6.54 Å². The number of hydrazine groups is 1. The third kappa shape index (κ3) is 4.04. The van der Waals surface area contributed by atoms with Crippen LogP contribution in [0.15, 0.2) is 12.7 Å². The van der Waals surface area contributed by atoms with Crippen molar-refractivity contribution >= 4 is 17.3 Å². The zero-order valence-electron chi connectivity index (χ0n) is 8.68. The van der Waals surface area contributed by atoms with Crippen molar-refractivity contribution in [3.63, 3.8) is 0 Å². The Morgan fingerprint density at radius 3 is 2.79 bits per heavy atom. The number of nitrogens with one attached hydrogen (secondary N) is 3. The van der Waals surface area contributed by atoms with Crippen LogP contribution in [0.3, 0.4) is 0 Å². The largest absolute Gasteiger partial charge is 0.358 e. The first-order chi connectivity index (χ1) is 6.72. The van der Waals surface area contributed by atoms with Crippen LogP contribution in [-0.4, -0.2) is 49.9 Å². The number of hydrogen-bond donors (Lipinski definition) is 3. The summed E-state index contributed by atoms with van der Waals surface area (Å²) in [5, 5.41) is 5.89. The van der Waals surface area contributed by atoms with Crippen LogP contribution in [0.25, 0.3) is 0 Å². The average Bonchev–Trinajstić information content (AvgIpc) is 2.18. The van der Waals surface area contributed by atoms with E-state index in [-0.39, 0.29) is 0 Å². The molecule has 3 N–H and O–H groups in total. The van der Waals surface area contributed by atoms with Crippen molar-refractivity contribution in [1.82, 2.24) is 15.8 Å². The van der Waals surface area contributed by atoms with E-state index < -0.39 is 0 Å². The van der Waals surface area contributed by atoms with Crippen molar-refractivity contribution in [3.05, 3.63) is 12.7 Å². The zero-order chi connectivity index (χ0) is 10.4. The minimum absolute atomic E-state index is 0.685. The predicted molar refractivity (Wildman–Crippen MR) is 62.1 cm³/mol. The van der Waals surface area contributed by atoms with Crippen LogP contribution in [0.1, 0.15) is 0 Å². The molecule has 1 saturated heterocycles. The molecule has 1 aliphatic heterocycles. The molecule has 0 atom stereocenters. The number of quaternary nitrogens is 1. The van der Waals surface area contributed by atoms with Crippen molar-refractivity contribution in [1.29, 1.82) is 0 Å². The number of piperazine rings is 1. The zero-order valence-corrected chi connectivity index (χ0v) is 9.49. The standard InChI is InChI=1S/C9H18N4S/c1-3-4-10-9(14)11-13-7-5-12(2)6-8-13/h3H,1,4-8H2,2H3,(H2,10,11,14)/p+1. The predicted octanol–water partition coefficient (Wildman–Crippen LogP) is -1.62. The van der Waals surface area contributed by atoms with E-state index >= 15 is 0 Å². The molecule has 0 aromatic heterocycles. The highest BCUT2D eigenvalue weighted by molar-refractivity contribution is 7.80. The summed E-state index contributed by atoms with van der Waals surface area (Å²) in [5.41, 5.74) is 3.17. The van der Waals surface area contributed by atoms with Gasteiger partial charge in [-0.25, -0.2) is 5.01 Å². The van der Waals surface area contributed by atoms with Gasteiger partial charge in [0.05, 0.1) is 33.2 Å². The smallest absolute Gasteiger partial charge is 0.181 e. The maximum absolute atomic E-state index is 5.11. The Bertz CT molecular complexity index is 199. The molecular formula is C9H19N4S+. The molecule has 5 heteroatoms. The molecule has 80 valence electrons. The summed E-state index contributed by atoms with van der Waals surface area (Å²) < 4.78 is 0. The van der Waals surface area contributed by atoms with Crippen molar-refractivity contribution < 1.29 is 4.90 Å². The molecule has 1 rings (SSSR count). The second-order valence-corrected chi connectivity index (χ2v) is 3.96. The van der Waals surface area contributed by atoms with Gasteiger partial charge >= 0.3 is 0 Å². The van der Waals surface area contributed by atoms with E-state index in [0.717, 1.165) is 26.2 Å². The van der Waals surface area contributed by atoms with Crippen LogP contribution in [0.2, 0.25) is 0 Å². The summed E-state index contributed by atoms with van der Waals surface area (Å²) in [6.07, 6.45) is 1.79. The van der Waals surface area contributed by atoms with Gasteiger partial charge in [-0.2, -0.15) is 0 Å². The fourth-order valence-electron chi connectivity index (χ4n) is 1.35. The van der Waals surface area contributed by atoms with Gasteiger partial charge in [0.1, 0.15) is 0 Å². The molecule has 4 nitrogen and oxygen atoms in total. The summed E-state index contributed by atoms with van der Waals surface area (Å²) in [6, 6.07) is 0. The third-order valence-electron chi connectivity index (χ3n) is 2.28. The number of rotatable bonds is 3. The second kappa shape index (κ2) is 5.95. The Balaban J connectivity index is 2.17. The molecule has 0 radical (unpaired) electrons. The summed E-state index contributed by atoms with van der Waals surface area (Å²) in [5.74, 6) is 0. The molecule has 0 spiro atoms. The average molecular weight is 215 g/mol. The molecule has 0 aliphatic carbocycles. The van der Waals surface area contributed by atoms with E-state index in [1.165, 1.54) is 0 Å². The van der Waals surface area contributed by atoms with Crippen LogP contribution in [0.5, 0.6) is 0 Å².